The molecule has 140 valence electrons. The fraction of sp³-hybridized carbons (Fsp3) is 0.421. The van der Waals surface area contributed by atoms with Crippen LogP contribution in [0.4, 0.5) is 0 Å². The van der Waals surface area contributed by atoms with Crippen molar-refractivity contribution in [3.8, 4) is 11.3 Å². The Bertz CT molecular complexity index is 744. The van der Waals surface area contributed by atoms with Crippen LogP contribution in [-0.4, -0.2) is 40.7 Å². The van der Waals surface area contributed by atoms with Crippen LogP contribution in [0, 0.1) is 12.8 Å². The maximum absolute atomic E-state index is 12.2. The Kier molecular flexibility index (Phi) is 7.26. The van der Waals surface area contributed by atoms with Crippen LogP contribution >= 0.6 is 11.8 Å². The van der Waals surface area contributed by atoms with Crippen molar-refractivity contribution in [3.05, 3.63) is 36.0 Å². The number of methoxy groups -OCH3 is 1. The summed E-state index contributed by atoms with van der Waals surface area (Å²) in [5, 5.41) is 3.42. The van der Waals surface area contributed by atoms with Crippen molar-refractivity contribution in [1.29, 1.82) is 0 Å². The number of thioether (sulfide) groups is 1. The van der Waals surface area contributed by atoms with Gasteiger partial charge in [-0.1, -0.05) is 55.9 Å². The molecule has 0 fully saturated rings. The molecule has 1 unspecified atom stereocenters. The third-order valence-corrected chi connectivity index (χ3v) is 4.65. The molecule has 7 heteroatoms. The molecule has 2 N–H and O–H groups in total. The number of imidazole rings is 1. The number of nitrogens with one attached hydrogen (secondary N) is 2. The van der Waals surface area contributed by atoms with E-state index in [1.54, 1.807) is 0 Å². The van der Waals surface area contributed by atoms with E-state index < -0.39 is 12.0 Å². The molecule has 0 saturated heterocycles. The summed E-state index contributed by atoms with van der Waals surface area (Å²) < 4.78 is 4.77. The zero-order chi connectivity index (χ0) is 19.1. The predicted molar refractivity (Wildman–Crippen MR) is 103 cm³/mol. The Balaban J connectivity index is 1.96. The van der Waals surface area contributed by atoms with E-state index in [0.29, 0.717) is 11.6 Å². The van der Waals surface area contributed by atoms with Crippen molar-refractivity contribution in [1.82, 2.24) is 15.3 Å². The Hall–Kier alpha value is -2.28. The number of esters is 1. The van der Waals surface area contributed by atoms with Crippen LogP contribution in [0.3, 0.4) is 0 Å². The Morgan fingerprint density at radius 3 is 2.58 bits per heavy atom. The second kappa shape index (κ2) is 9.43. The number of nitrogens with zero attached hydrogens (tertiary/aromatic N) is 1. The number of carbonyl (C=O) groups is 2. The van der Waals surface area contributed by atoms with Gasteiger partial charge in [-0.2, -0.15) is 0 Å². The quantitative estimate of drug-likeness (QED) is 0.547. The maximum atomic E-state index is 12.2. The molecule has 1 heterocycles. The molecule has 0 radical (unpaired) electrons. The predicted octanol–water partition coefficient (Wildman–Crippen LogP) is 3.18. The van der Waals surface area contributed by atoms with Gasteiger partial charge in [0.25, 0.3) is 0 Å². The fourth-order valence-electron chi connectivity index (χ4n) is 2.58. The van der Waals surface area contributed by atoms with Gasteiger partial charge in [-0.15, -0.1) is 0 Å². The first-order chi connectivity index (χ1) is 12.4. The molecule has 2 rings (SSSR count). The normalized spacial score (nSPS) is 12.0. The summed E-state index contributed by atoms with van der Waals surface area (Å²) in [4.78, 5) is 31.8. The number of aromatic amines is 1. The number of carbonyl (C=O) groups excluding carboxylic acids is 2. The number of benzene rings is 1. The number of hydrogen-bond acceptors (Lipinski definition) is 5. The largest absolute Gasteiger partial charge is 0.467 e. The van der Waals surface area contributed by atoms with Crippen LogP contribution in [0.1, 0.15) is 26.0 Å². The van der Waals surface area contributed by atoms with Gasteiger partial charge in [-0.25, -0.2) is 9.78 Å². The molecule has 0 aliphatic carbocycles. The van der Waals surface area contributed by atoms with Crippen molar-refractivity contribution in [3.63, 3.8) is 0 Å². The van der Waals surface area contributed by atoms with Crippen molar-refractivity contribution >= 4 is 23.6 Å². The molecule has 0 saturated carbocycles. The van der Waals surface area contributed by atoms with Gasteiger partial charge in [0, 0.05) is 11.3 Å². The zero-order valence-electron chi connectivity index (χ0n) is 15.5. The highest BCUT2D eigenvalue weighted by atomic mass is 32.2. The standard InChI is InChI=1S/C19H25N3O3S/c1-12(2)10-15(18(24)25-4)21-16(23)11-26-19-20-13(3)17(22-19)14-8-6-5-7-9-14/h5-9,12,15H,10-11H2,1-4H3,(H,20,22)(H,21,23). The molecule has 0 bridgehead atoms. The van der Waals surface area contributed by atoms with E-state index in [1.165, 1.54) is 18.9 Å². The average molecular weight is 375 g/mol. The van der Waals surface area contributed by atoms with Crippen LogP contribution in [0.25, 0.3) is 11.3 Å². The van der Waals surface area contributed by atoms with Gasteiger partial charge in [0.15, 0.2) is 5.16 Å². The Labute approximate surface area is 158 Å². The fourth-order valence-corrected chi connectivity index (χ4v) is 3.31. The number of amides is 1. The average Bonchev–Trinajstić information content (AvgIpc) is 3.00. The van der Waals surface area contributed by atoms with Gasteiger partial charge in [0.1, 0.15) is 6.04 Å². The lowest BCUT2D eigenvalue weighted by molar-refractivity contribution is -0.145. The summed E-state index contributed by atoms with van der Waals surface area (Å²) in [5.74, 6) is -0.195. The number of rotatable bonds is 8. The molecule has 1 amide bonds. The number of aromatic nitrogens is 2. The second-order valence-electron chi connectivity index (χ2n) is 6.44. The van der Waals surface area contributed by atoms with Crippen LogP contribution < -0.4 is 5.32 Å². The van der Waals surface area contributed by atoms with E-state index in [2.05, 4.69) is 15.3 Å². The van der Waals surface area contributed by atoms with Gasteiger partial charge in [0.05, 0.1) is 18.6 Å². The second-order valence-corrected chi connectivity index (χ2v) is 7.41. The highest BCUT2D eigenvalue weighted by Crippen LogP contribution is 2.24. The number of hydrogen-bond donors (Lipinski definition) is 2. The summed E-state index contributed by atoms with van der Waals surface area (Å²) in [6, 6.07) is 9.26. The van der Waals surface area contributed by atoms with Crippen molar-refractivity contribution in [2.75, 3.05) is 12.9 Å². The molecular weight excluding hydrogens is 350 g/mol. The Morgan fingerprint density at radius 2 is 1.96 bits per heavy atom. The lowest BCUT2D eigenvalue weighted by Crippen LogP contribution is -2.43. The van der Waals surface area contributed by atoms with Crippen LogP contribution in [0.5, 0.6) is 0 Å². The van der Waals surface area contributed by atoms with Gasteiger partial charge >= 0.3 is 5.97 Å². The summed E-state index contributed by atoms with van der Waals surface area (Å²) in [7, 11) is 1.33. The van der Waals surface area contributed by atoms with E-state index in [9.17, 15) is 9.59 Å². The van der Waals surface area contributed by atoms with Gasteiger partial charge in [0.2, 0.25) is 5.91 Å². The van der Waals surface area contributed by atoms with E-state index in [1.807, 2.05) is 51.1 Å². The van der Waals surface area contributed by atoms with Gasteiger partial charge < -0.3 is 15.0 Å². The van der Waals surface area contributed by atoms with Crippen molar-refractivity contribution in [2.45, 2.75) is 38.4 Å². The molecule has 1 aromatic carbocycles. The minimum atomic E-state index is -0.619. The minimum Gasteiger partial charge on any atom is -0.467 e. The Morgan fingerprint density at radius 1 is 1.27 bits per heavy atom. The van der Waals surface area contributed by atoms with E-state index in [4.69, 9.17) is 4.74 Å². The first-order valence-corrected chi connectivity index (χ1v) is 9.51. The molecule has 6 nitrogen and oxygen atoms in total. The van der Waals surface area contributed by atoms with E-state index in [0.717, 1.165) is 17.0 Å². The lowest BCUT2D eigenvalue weighted by Gasteiger charge is -2.18. The van der Waals surface area contributed by atoms with E-state index in [-0.39, 0.29) is 17.6 Å². The van der Waals surface area contributed by atoms with Gasteiger partial charge in [-0.3, -0.25) is 4.79 Å². The van der Waals surface area contributed by atoms with Crippen molar-refractivity contribution in [2.24, 2.45) is 5.92 Å². The smallest absolute Gasteiger partial charge is 0.328 e. The zero-order valence-corrected chi connectivity index (χ0v) is 16.4. The van der Waals surface area contributed by atoms with Gasteiger partial charge in [-0.05, 0) is 19.3 Å². The highest BCUT2D eigenvalue weighted by Gasteiger charge is 2.22. The number of H-pyrrole nitrogens is 1. The molecule has 1 aromatic heterocycles. The maximum Gasteiger partial charge on any atom is 0.328 e. The minimum absolute atomic E-state index is 0.173. The summed E-state index contributed by atoms with van der Waals surface area (Å²) in [6.07, 6.45) is 0.543. The summed E-state index contributed by atoms with van der Waals surface area (Å²) in [5.41, 5.74) is 2.85. The van der Waals surface area contributed by atoms with E-state index >= 15 is 0 Å². The first-order valence-electron chi connectivity index (χ1n) is 8.52. The number of aryl methyl sites for hydroxylation is 1. The monoisotopic (exact) mass is 375 g/mol. The van der Waals surface area contributed by atoms with Crippen molar-refractivity contribution < 1.29 is 14.3 Å². The highest BCUT2D eigenvalue weighted by molar-refractivity contribution is 7.99. The third kappa shape index (κ3) is 5.62. The lowest BCUT2D eigenvalue weighted by atomic mass is 10.0. The topological polar surface area (TPSA) is 84.1 Å². The molecule has 26 heavy (non-hydrogen) atoms. The SMILES string of the molecule is COC(=O)C(CC(C)C)NC(=O)CSc1nc(-c2ccccc2)c(C)[nH]1. The molecule has 1 atom stereocenters. The van der Waals surface area contributed by atoms with Crippen LogP contribution in [0.15, 0.2) is 35.5 Å². The summed E-state index contributed by atoms with van der Waals surface area (Å²) >= 11 is 1.31. The molecule has 0 aliphatic rings. The third-order valence-electron chi connectivity index (χ3n) is 3.78. The summed E-state index contributed by atoms with van der Waals surface area (Å²) in [6.45, 7) is 5.94. The first kappa shape index (κ1) is 20.0. The molecule has 0 aliphatic heterocycles. The molecular formula is C19H25N3O3S. The van der Waals surface area contributed by atoms with Crippen LogP contribution in [-0.2, 0) is 14.3 Å². The molecule has 0 spiro atoms. The van der Waals surface area contributed by atoms with Crippen LogP contribution in [0.2, 0.25) is 0 Å². The number of ether oxygens (including phenoxy) is 1. The molecule has 2 aromatic rings.